The van der Waals surface area contributed by atoms with Crippen LogP contribution in [0.2, 0.25) is 0 Å². The van der Waals surface area contributed by atoms with E-state index in [4.69, 9.17) is 10.5 Å². The molecule has 1 saturated carbocycles. The van der Waals surface area contributed by atoms with Crippen LogP contribution in [-0.2, 0) is 5.41 Å². The molecule has 1 aromatic carbocycles. The molecular formula is C12H10N2O. The van der Waals surface area contributed by atoms with Gasteiger partial charge in [-0.3, -0.25) is 0 Å². The van der Waals surface area contributed by atoms with Crippen molar-refractivity contribution in [3.05, 3.63) is 29.3 Å². The molecule has 0 bridgehead atoms. The van der Waals surface area contributed by atoms with E-state index in [9.17, 15) is 5.11 Å². The van der Waals surface area contributed by atoms with E-state index in [0.717, 1.165) is 24.8 Å². The number of hydrogen-bond acceptors (Lipinski definition) is 3. The summed E-state index contributed by atoms with van der Waals surface area (Å²) in [5.74, 6) is -0.0198. The molecule has 3 nitrogen and oxygen atoms in total. The van der Waals surface area contributed by atoms with Crippen molar-refractivity contribution >= 4 is 0 Å². The molecule has 0 aromatic heterocycles. The van der Waals surface area contributed by atoms with Crippen LogP contribution < -0.4 is 0 Å². The molecule has 0 radical (unpaired) electrons. The molecule has 1 aromatic rings. The molecule has 3 heteroatoms. The van der Waals surface area contributed by atoms with Gasteiger partial charge in [-0.15, -0.1) is 0 Å². The lowest BCUT2D eigenvalue weighted by Crippen LogP contribution is -2.32. The van der Waals surface area contributed by atoms with E-state index >= 15 is 0 Å². The Bertz CT molecular complexity index is 475. The van der Waals surface area contributed by atoms with Crippen LogP contribution in [0.4, 0.5) is 0 Å². The summed E-state index contributed by atoms with van der Waals surface area (Å²) < 4.78 is 0. The highest BCUT2D eigenvalue weighted by atomic mass is 16.3. The maximum Gasteiger partial charge on any atom is 0.133 e. The smallest absolute Gasteiger partial charge is 0.133 e. The average molecular weight is 198 g/mol. The van der Waals surface area contributed by atoms with Gasteiger partial charge in [0.2, 0.25) is 0 Å². The normalized spacial score (nSPS) is 17.2. The third kappa shape index (κ3) is 1.33. The van der Waals surface area contributed by atoms with Crippen molar-refractivity contribution in [1.82, 2.24) is 0 Å². The zero-order valence-corrected chi connectivity index (χ0v) is 8.20. The highest BCUT2D eigenvalue weighted by Gasteiger charge is 2.39. The number of hydrogen-bond donors (Lipinski definition) is 1. The van der Waals surface area contributed by atoms with Gasteiger partial charge in [0.25, 0.3) is 0 Å². The van der Waals surface area contributed by atoms with Gasteiger partial charge in [0.05, 0.1) is 17.0 Å². The van der Waals surface area contributed by atoms with Gasteiger partial charge in [-0.1, -0.05) is 6.07 Å². The van der Waals surface area contributed by atoms with Crippen molar-refractivity contribution in [2.45, 2.75) is 24.7 Å². The lowest BCUT2D eigenvalue weighted by molar-refractivity contribution is 0.323. The van der Waals surface area contributed by atoms with Crippen LogP contribution in [-0.4, -0.2) is 5.11 Å². The fourth-order valence-corrected chi connectivity index (χ4v) is 1.92. The lowest BCUT2D eigenvalue weighted by Gasteiger charge is -2.35. The Balaban J connectivity index is 2.47. The number of rotatable bonds is 1. The van der Waals surface area contributed by atoms with Crippen LogP contribution in [0.5, 0.6) is 5.75 Å². The highest BCUT2D eigenvalue weighted by molar-refractivity contribution is 5.48. The van der Waals surface area contributed by atoms with E-state index in [2.05, 4.69) is 6.07 Å². The summed E-state index contributed by atoms with van der Waals surface area (Å²) in [7, 11) is 0. The molecule has 1 fully saturated rings. The van der Waals surface area contributed by atoms with E-state index in [-0.39, 0.29) is 11.3 Å². The molecule has 15 heavy (non-hydrogen) atoms. The molecule has 0 amide bonds. The Morgan fingerprint density at radius 3 is 2.47 bits per heavy atom. The van der Waals surface area contributed by atoms with Crippen molar-refractivity contribution in [3.8, 4) is 17.9 Å². The third-order valence-corrected chi connectivity index (χ3v) is 3.09. The number of nitriles is 2. The van der Waals surface area contributed by atoms with Crippen LogP contribution in [0.15, 0.2) is 18.2 Å². The SMILES string of the molecule is N#Cc1cc(C2(C#N)CCC2)ccc1O. The van der Waals surface area contributed by atoms with Gasteiger partial charge in [-0.25, -0.2) is 0 Å². The second kappa shape index (κ2) is 3.29. The fraction of sp³-hybridized carbons (Fsp3) is 0.333. The summed E-state index contributed by atoms with van der Waals surface area (Å²) >= 11 is 0. The van der Waals surface area contributed by atoms with E-state index in [1.165, 1.54) is 6.07 Å². The molecule has 74 valence electrons. The standard InChI is InChI=1S/C12H10N2O/c13-7-9-6-10(2-3-11(9)15)12(8-14)4-1-5-12/h2-3,6,15H,1,4-5H2. The largest absolute Gasteiger partial charge is 0.507 e. The Kier molecular flexibility index (Phi) is 2.10. The van der Waals surface area contributed by atoms with Gasteiger partial charge in [-0.2, -0.15) is 10.5 Å². The minimum Gasteiger partial charge on any atom is -0.507 e. The van der Waals surface area contributed by atoms with Crippen molar-refractivity contribution < 1.29 is 5.11 Å². The molecule has 1 N–H and O–H groups in total. The average Bonchev–Trinajstić information content (AvgIpc) is 2.19. The molecule has 2 rings (SSSR count). The highest BCUT2D eigenvalue weighted by Crippen LogP contribution is 2.43. The molecule has 0 aliphatic heterocycles. The third-order valence-electron chi connectivity index (χ3n) is 3.09. The van der Waals surface area contributed by atoms with Gasteiger partial charge in [-0.05, 0) is 37.0 Å². The molecule has 1 aliphatic carbocycles. The zero-order valence-electron chi connectivity index (χ0n) is 8.20. The predicted molar refractivity (Wildman–Crippen MR) is 54.0 cm³/mol. The van der Waals surface area contributed by atoms with Gasteiger partial charge in [0, 0.05) is 0 Å². The van der Waals surface area contributed by atoms with Crippen LogP contribution in [0.25, 0.3) is 0 Å². The minimum absolute atomic E-state index is 0.0198. The Morgan fingerprint density at radius 1 is 1.27 bits per heavy atom. The van der Waals surface area contributed by atoms with Crippen LogP contribution in [0, 0.1) is 22.7 Å². The molecule has 0 heterocycles. The van der Waals surface area contributed by atoms with Crippen molar-refractivity contribution in [2.24, 2.45) is 0 Å². The Labute approximate surface area is 88.2 Å². The first-order valence-corrected chi connectivity index (χ1v) is 4.87. The van der Waals surface area contributed by atoms with Gasteiger partial charge < -0.3 is 5.11 Å². The monoisotopic (exact) mass is 198 g/mol. The Hall–Kier alpha value is -2.00. The van der Waals surface area contributed by atoms with E-state index in [1.807, 2.05) is 6.07 Å². The van der Waals surface area contributed by atoms with Crippen molar-refractivity contribution in [1.29, 1.82) is 10.5 Å². The fourth-order valence-electron chi connectivity index (χ4n) is 1.92. The summed E-state index contributed by atoms with van der Waals surface area (Å²) in [4.78, 5) is 0. The van der Waals surface area contributed by atoms with E-state index in [0.29, 0.717) is 0 Å². The minimum atomic E-state index is -0.417. The molecule has 1 aliphatic rings. The quantitative estimate of drug-likeness (QED) is 0.752. The number of nitrogens with zero attached hydrogens (tertiary/aromatic N) is 2. The Morgan fingerprint density at radius 2 is 2.00 bits per heavy atom. The van der Waals surface area contributed by atoms with Gasteiger partial charge in [0.15, 0.2) is 0 Å². The second-order valence-electron chi connectivity index (χ2n) is 3.89. The summed E-state index contributed by atoms with van der Waals surface area (Å²) in [6, 6.07) is 9.08. The molecule has 0 unspecified atom stereocenters. The van der Waals surface area contributed by atoms with E-state index < -0.39 is 5.41 Å². The molecular weight excluding hydrogens is 188 g/mol. The first-order valence-electron chi connectivity index (χ1n) is 4.87. The first-order chi connectivity index (χ1) is 7.22. The van der Waals surface area contributed by atoms with Crippen LogP contribution in [0.1, 0.15) is 30.4 Å². The van der Waals surface area contributed by atoms with Gasteiger partial charge >= 0.3 is 0 Å². The molecule has 0 atom stereocenters. The summed E-state index contributed by atoms with van der Waals surface area (Å²) in [6.45, 7) is 0. The maximum absolute atomic E-state index is 9.36. The topological polar surface area (TPSA) is 67.8 Å². The first kappa shape index (κ1) is 9.55. The van der Waals surface area contributed by atoms with E-state index in [1.54, 1.807) is 12.1 Å². The molecule has 0 saturated heterocycles. The summed E-state index contributed by atoms with van der Waals surface area (Å²) in [5, 5.41) is 27.3. The van der Waals surface area contributed by atoms with Gasteiger partial charge in [0.1, 0.15) is 11.8 Å². The number of phenolic OH excluding ortho intramolecular Hbond substituents is 1. The van der Waals surface area contributed by atoms with Crippen LogP contribution >= 0.6 is 0 Å². The molecule has 0 spiro atoms. The maximum atomic E-state index is 9.36. The predicted octanol–water partition coefficient (Wildman–Crippen LogP) is 2.21. The van der Waals surface area contributed by atoms with Crippen LogP contribution in [0.3, 0.4) is 0 Å². The zero-order chi connectivity index (χ0) is 10.9. The summed E-state index contributed by atoms with van der Waals surface area (Å²) in [6.07, 6.45) is 2.74. The van der Waals surface area contributed by atoms with Crippen molar-refractivity contribution in [3.63, 3.8) is 0 Å². The lowest BCUT2D eigenvalue weighted by atomic mass is 9.65. The number of aromatic hydroxyl groups is 1. The number of benzene rings is 1. The second-order valence-corrected chi connectivity index (χ2v) is 3.89. The van der Waals surface area contributed by atoms with Crippen molar-refractivity contribution in [2.75, 3.05) is 0 Å². The number of phenols is 1. The summed E-state index contributed by atoms with van der Waals surface area (Å²) in [5.41, 5.74) is 0.680.